The molecule has 2 N–H and O–H groups in total. The lowest BCUT2D eigenvalue weighted by Gasteiger charge is -2.26. The number of hydrogen-bond acceptors (Lipinski definition) is 4. The lowest BCUT2D eigenvalue weighted by molar-refractivity contribution is -0.135. The maximum atomic E-state index is 11.9. The molecule has 1 fully saturated rings. The highest BCUT2D eigenvalue weighted by atomic mass is 35.5. The standard InChI is InChI=1S/C14H17ClN2O3/c15-11-6-4-5-10(13(11)16)14(19)20-9-12(18)17-7-2-1-3-8-17/h4-6H,1-3,7-9,16H2. The molecule has 0 unspecified atom stereocenters. The molecule has 5 nitrogen and oxygen atoms in total. The van der Waals surface area contributed by atoms with Crippen LogP contribution >= 0.6 is 11.6 Å². The van der Waals surface area contributed by atoms with Crippen LogP contribution < -0.4 is 5.73 Å². The van der Waals surface area contributed by atoms with E-state index in [0.717, 1.165) is 32.4 Å². The number of nitrogen functional groups attached to an aromatic ring is 1. The molecule has 1 amide bonds. The van der Waals surface area contributed by atoms with Gasteiger partial charge in [0, 0.05) is 13.1 Å². The first-order valence-corrected chi connectivity index (χ1v) is 6.96. The van der Waals surface area contributed by atoms with Crippen LogP contribution in [0, 0.1) is 0 Å². The Hall–Kier alpha value is -1.75. The van der Waals surface area contributed by atoms with Gasteiger partial charge in [-0.2, -0.15) is 0 Å². The molecule has 20 heavy (non-hydrogen) atoms. The molecule has 0 bridgehead atoms. The number of rotatable bonds is 3. The molecule has 1 aliphatic heterocycles. The van der Waals surface area contributed by atoms with Crippen molar-refractivity contribution in [3.05, 3.63) is 28.8 Å². The van der Waals surface area contributed by atoms with E-state index >= 15 is 0 Å². The third-order valence-corrected chi connectivity index (χ3v) is 3.64. The van der Waals surface area contributed by atoms with Crippen LogP contribution in [0.1, 0.15) is 29.6 Å². The first-order chi connectivity index (χ1) is 9.59. The summed E-state index contributed by atoms with van der Waals surface area (Å²) >= 11 is 5.83. The summed E-state index contributed by atoms with van der Waals surface area (Å²) in [6.45, 7) is 1.20. The van der Waals surface area contributed by atoms with Crippen molar-refractivity contribution in [2.24, 2.45) is 0 Å². The second-order valence-corrected chi connectivity index (χ2v) is 5.13. The number of ether oxygens (including phenoxy) is 1. The van der Waals surface area contributed by atoms with Gasteiger partial charge in [0.15, 0.2) is 6.61 Å². The van der Waals surface area contributed by atoms with E-state index in [1.165, 1.54) is 6.07 Å². The van der Waals surface area contributed by atoms with Gasteiger partial charge in [0.1, 0.15) is 0 Å². The molecule has 2 rings (SSSR count). The van der Waals surface area contributed by atoms with E-state index in [2.05, 4.69) is 0 Å². The van der Waals surface area contributed by atoms with E-state index in [9.17, 15) is 9.59 Å². The predicted octanol–water partition coefficient (Wildman–Crippen LogP) is 2.09. The second-order valence-electron chi connectivity index (χ2n) is 4.72. The van der Waals surface area contributed by atoms with Crippen molar-refractivity contribution in [2.45, 2.75) is 19.3 Å². The minimum Gasteiger partial charge on any atom is -0.452 e. The number of esters is 1. The molecule has 1 saturated heterocycles. The molecule has 0 saturated carbocycles. The zero-order chi connectivity index (χ0) is 14.5. The van der Waals surface area contributed by atoms with Gasteiger partial charge in [-0.05, 0) is 31.4 Å². The summed E-state index contributed by atoms with van der Waals surface area (Å²) in [6, 6.07) is 4.73. The van der Waals surface area contributed by atoms with Gasteiger partial charge in [-0.15, -0.1) is 0 Å². The highest BCUT2D eigenvalue weighted by molar-refractivity contribution is 6.33. The van der Waals surface area contributed by atoms with Gasteiger partial charge in [0.05, 0.1) is 16.3 Å². The van der Waals surface area contributed by atoms with Crippen LogP contribution in [0.3, 0.4) is 0 Å². The monoisotopic (exact) mass is 296 g/mol. The van der Waals surface area contributed by atoms with E-state index in [4.69, 9.17) is 22.1 Å². The predicted molar refractivity (Wildman–Crippen MR) is 76.6 cm³/mol. The second kappa shape index (κ2) is 6.61. The minimum absolute atomic E-state index is 0.168. The molecule has 0 atom stereocenters. The van der Waals surface area contributed by atoms with Crippen molar-refractivity contribution in [3.8, 4) is 0 Å². The molecule has 0 radical (unpaired) electrons. The number of para-hydroxylation sites is 1. The Balaban J connectivity index is 1.91. The fourth-order valence-electron chi connectivity index (χ4n) is 2.15. The molecule has 0 aromatic heterocycles. The molecule has 1 heterocycles. The topological polar surface area (TPSA) is 72.6 Å². The van der Waals surface area contributed by atoms with Gasteiger partial charge in [-0.3, -0.25) is 4.79 Å². The maximum absolute atomic E-state index is 11.9. The summed E-state index contributed by atoms with van der Waals surface area (Å²) in [5.41, 5.74) is 6.06. The Morgan fingerprint density at radius 2 is 1.95 bits per heavy atom. The van der Waals surface area contributed by atoms with Crippen molar-refractivity contribution in [2.75, 3.05) is 25.4 Å². The SMILES string of the molecule is Nc1c(Cl)cccc1C(=O)OCC(=O)N1CCCCC1. The molecule has 108 valence electrons. The van der Waals surface area contributed by atoms with Gasteiger partial charge in [0.25, 0.3) is 5.91 Å². The third kappa shape index (κ3) is 3.42. The quantitative estimate of drug-likeness (QED) is 0.685. The molecule has 1 aromatic rings. The van der Waals surface area contributed by atoms with Crippen LogP contribution in [-0.2, 0) is 9.53 Å². The summed E-state index contributed by atoms with van der Waals surface area (Å²) in [5, 5.41) is 0.293. The van der Waals surface area contributed by atoms with E-state index < -0.39 is 5.97 Å². The number of anilines is 1. The van der Waals surface area contributed by atoms with E-state index in [0.29, 0.717) is 5.02 Å². The zero-order valence-corrected chi connectivity index (χ0v) is 11.9. The number of carbonyl (C=O) groups is 2. The number of hydrogen-bond donors (Lipinski definition) is 1. The Bertz CT molecular complexity index is 513. The van der Waals surface area contributed by atoms with Crippen LogP contribution in [0.25, 0.3) is 0 Å². The Morgan fingerprint density at radius 3 is 2.65 bits per heavy atom. The van der Waals surface area contributed by atoms with Crippen LogP contribution in [0.4, 0.5) is 5.69 Å². The van der Waals surface area contributed by atoms with Crippen LogP contribution in [0.5, 0.6) is 0 Å². The summed E-state index contributed by atoms with van der Waals surface area (Å²) in [4.78, 5) is 25.5. The number of halogens is 1. The Labute approximate surface area is 122 Å². The van der Waals surface area contributed by atoms with Crippen LogP contribution in [0.2, 0.25) is 5.02 Å². The van der Waals surface area contributed by atoms with Crippen molar-refractivity contribution >= 4 is 29.2 Å². The molecule has 0 spiro atoms. The van der Waals surface area contributed by atoms with Gasteiger partial charge in [-0.1, -0.05) is 17.7 Å². The van der Waals surface area contributed by atoms with E-state index in [1.807, 2.05) is 0 Å². The smallest absolute Gasteiger partial charge is 0.340 e. The fourth-order valence-corrected chi connectivity index (χ4v) is 2.33. The zero-order valence-electron chi connectivity index (χ0n) is 11.1. The van der Waals surface area contributed by atoms with Crippen LogP contribution in [-0.4, -0.2) is 36.5 Å². The number of carbonyl (C=O) groups excluding carboxylic acids is 2. The lowest BCUT2D eigenvalue weighted by atomic mass is 10.1. The first kappa shape index (κ1) is 14.7. The first-order valence-electron chi connectivity index (χ1n) is 6.58. The highest BCUT2D eigenvalue weighted by Crippen LogP contribution is 2.23. The molecular weight excluding hydrogens is 280 g/mol. The molecule has 6 heteroatoms. The summed E-state index contributed by atoms with van der Waals surface area (Å²) in [7, 11) is 0. The molecule has 0 aliphatic carbocycles. The normalized spacial score (nSPS) is 14.9. The number of piperidine rings is 1. The van der Waals surface area contributed by atoms with Gasteiger partial charge in [0.2, 0.25) is 0 Å². The Kier molecular flexibility index (Phi) is 4.84. The third-order valence-electron chi connectivity index (χ3n) is 3.31. The largest absolute Gasteiger partial charge is 0.452 e. The average Bonchev–Trinajstić information content (AvgIpc) is 2.48. The summed E-state index contributed by atoms with van der Waals surface area (Å²) < 4.78 is 5.01. The molecular formula is C14H17ClN2O3. The summed E-state index contributed by atoms with van der Waals surface area (Å²) in [6.07, 6.45) is 3.14. The van der Waals surface area contributed by atoms with Crippen molar-refractivity contribution in [1.29, 1.82) is 0 Å². The highest BCUT2D eigenvalue weighted by Gasteiger charge is 2.19. The molecule has 1 aliphatic rings. The summed E-state index contributed by atoms with van der Waals surface area (Å²) in [5.74, 6) is -0.797. The lowest BCUT2D eigenvalue weighted by Crippen LogP contribution is -2.38. The van der Waals surface area contributed by atoms with Crippen molar-refractivity contribution < 1.29 is 14.3 Å². The number of amides is 1. The minimum atomic E-state index is -0.629. The number of nitrogens with two attached hydrogens (primary N) is 1. The molecule has 1 aromatic carbocycles. The van der Waals surface area contributed by atoms with Gasteiger partial charge >= 0.3 is 5.97 Å². The fraction of sp³-hybridized carbons (Fsp3) is 0.429. The number of benzene rings is 1. The Morgan fingerprint density at radius 1 is 1.25 bits per heavy atom. The van der Waals surface area contributed by atoms with E-state index in [-0.39, 0.29) is 23.8 Å². The van der Waals surface area contributed by atoms with Gasteiger partial charge in [-0.25, -0.2) is 4.79 Å². The van der Waals surface area contributed by atoms with E-state index in [1.54, 1.807) is 17.0 Å². The maximum Gasteiger partial charge on any atom is 0.340 e. The van der Waals surface area contributed by atoms with Crippen LogP contribution in [0.15, 0.2) is 18.2 Å². The van der Waals surface area contributed by atoms with Gasteiger partial charge < -0.3 is 15.4 Å². The van der Waals surface area contributed by atoms with Crippen molar-refractivity contribution in [3.63, 3.8) is 0 Å². The van der Waals surface area contributed by atoms with Crippen molar-refractivity contribution in [1.82, 2.24) is 4.90 Å². The number of nitrogens with zero attached hydrogens (tertiary/aromatic N) is 1. The number of likely N-dealkylation sites (tertiary alicyclic amines) is 1. The average molecular weight is 297 g/mol.